The van der Waals surface area contributed by atoms with E-state index in [4.69, 9.17) is 0 Å². The van der Waals surface area contributed by atoms with Gasteiger partial charge in [0.05, 0.1) is 11.4 Å². The van der Waals surface area contributed by atoms with Crippen LogP contribution in [-0.2, 0) is 11.3 Å². The number of hydrogen-bond acceptors (Lipinski definition) is 3. The molecule has 1 heterocycles. The van der Waals surface area contributed by atoms with Crippen molar-refractivity contribution < 1.29 is 9.18 Å². The van der Waals surface area contributed by atoms with Gasteiger partial charge >= 0.3 is 0 Å². The first-order valence-corrected chi connectivity index (χ1v) is 7.47. The van der Waals surface area contributed by atoms with E-state index in [1.54, 1.807) is 6.92 Å². The summed E-state index contributed by atoms with van der Waals surface area (Å²) in [5.41, 5.74) is 0.824. The van der Waals surface area contributed by atoms with E-state index < -0.39 is 0 Å². The van der Waals surface area contributed by atoms with Gasteiger partial charge in [0.25, 0.3) is 0 Å². The lowest BCUT2D eigenvalue weighted by Crippen LogP contribution is -2.34. The summed E-state index contributed by atoms with van der Waals surface area (Å²) in [6.07, 6.45) is 0. The molecule has 0 aliphatic rings. The van der Waals surface area contributed by atoms with E-state index in [1.807, 2.05) is 46.7 Å². The number of carbonyl (C=O) groups is 1. The topological polar surface area (TPSA) is 50.2 Å². The van der Waals surface area contributed by atoms with Gasteiger partial charge in [-0.05, 0) is 26.9 Å². The number of hydrogen-bond donors (Lipinski definition) is 1. The highest BCUT2D eigenvalue weighted by molar-refractivity contribution is 5.75. The maximum atomic E-state index is 13.9. The van der Waals surface area contributed by atoms with E-state index in [9.17, 15) is 9.18 Å². The smallest absolute Gasteiger partial charge is 0.241 e. The predicted molar refractivity (Wildman–Crippen MR) is 83.9 cm³/mol. The zero-order chi connectivity index (χ0) is 16.6. The lowest BCUT2D eigenvalue weighted by Gasteiger charge is -2.12. The molecular formula is C15H29FN4O. The van der Waals surface area contributed by atoms with Gasteiger partial charge in [0.15, 0.2) is 5.82 Å². The molecule has 1 rings (SSSR count). The van der Waals surface area contributed by atoms with Crippen molar-refractivity contribution in [2.45, 2.75) is 47.1 Å². The zero-order valence-corrected chi connectivity index (χ0v) is 14.3. The third-order valence-electron chi connectivity index (χ3n) is 2.81. The van der Waals surface area contributed by atoms with Crippen molar-refractivity contribution in [2.24, 2.45) is 0 Å². The van der Waals surface area contributed by atoms with Crippen molar-refractivity contribution in [1.29, 1.82) is 0 Å². The number of carbonyl (C=O) groups excluding carboxylic acids is 1. The van der Waals surface area contributed by atoms with Crippen LogP contribution in [0.1, 0.15) is 45.0 Å². The van der Waals surface area contributed by atoms with Gasteiger partial charge < -0.3 is 10.2 Å². The maximum absolute atomic E-state index is 13.9. The molecule has 1 aromatic rings. The number of amides is 1. The van der Waals surface area contributed by atoms with Gasteiger partial charge in [-0.3, -0.25) is 9.48 Å². The number of rotatable bonds is 6. The Labute approximate surface area is 127 Å². The molecule has 0 bridgehead atoms. The van der Waals surface area contributed by atoms with Crippen molar-refractivity contribution in [3.63, 3.8) is 0 Å². The van der Waals surface area contributed by atoms with Gasteiger partial charge in [-0.1, -0.05) is 27.7 Å². The molecule has 0 aliphatic heterocycles. The molecule has 1 amide bonds. The third-order valence-corrected chi connectivity index (χ3v) is 2.81. The van der Waals surface area contributed by atoms with Crippen LogP contribution in [0.25, 0.3) is 0 Å². The summed E-state index contributed by atoms with van der Waals surface area (Å²) in [6, 6.07) is 0. The molecule has 21 heavy (non-hydrogen) atoms. The van der Waals surface area contributed by atoms with E-state index in [0.717, 1.165) is 6.54 Å². The third kappa shape index (κ3) is 6.25. The van der Waals surface area contributed by atoms with Gasteiger partial charge in [-0.15, -0.1) is 0 Å². The highest BCUT2D eigenvalue weighted by atomic mass is 19.1. The molecule has 0 unspecified atom stereocenters. The van der Waals surface area contributed by atoms with Crippen LogP contribution in [0.5, 0.6) is 0 Å². The highest BCUT2D eigenvalue weighted by Crippen LogP contribution is 2.20. The molecule has 1 N–H and O–H groups in total. The van der Waals surface area contributed by atoms with E-state index in [2.05, 4.69) is 10.4 Å². The van der Waals surface area contributed by atoms with Crippen molar-refractivity contribution in [1.82, 2.24) is 20.0 Å². The second kappa shape index (κ2) is 9.50. The Kier molecular flexibility index (Phi) is 8.85. The minimum atomic E-state index is -0.309. The molecule has 0 fully saturated rings. The summed E-state index contributed by atoms with van der Waals surface area (Å²) < 4.78 is 15.3. The lowest BCUT2D eigenvalue weighted by molar-refractivity contribution is -0.121. The first kappa shape index (κ1) is 19.6. The first-order valence-electron chi connectivity index (χ1n) is 7.47. The Bertz CT molecular complexity index is 441. The second-order valence-electron chi connectivity index (χ2n) is 5.25. The van der Waals surface area contributed by atoms with Crippen LogP contribution < -0.4 is 5.32 Å². The van der Waals surface area contributed by atoms with Crippen LogP contribution in [0.2, 0.25) is 0 Å². The molecule has 0 aliphatic carbocycles. The molecule has 1 aromatic heterocycles. The average Bonchev–Trinajstić information content (AvgIpc) is 2.66. The monoisotopic (exact) mass is 300 g/mol. The van der Waals surface area contributed by atoms with E-state index >= 15 is 0 Å². The van der Waals surface area contributed by atoms with Crippen LogP contribution in [-0.4, -0.2) is 47.8 Å². The standard InChI is InChI=1S/C13H23FN4O.C2H6/c1-9(2)13-12(14)10(3)16-18(13)8-11(19)15-6-7-17(4)5;1-2/h9H,6-8H2,1-5H3,(H,15,19);1-2H3. The van der Waals surface area contributed by atoms with Crippen LogP contribution in [0.3, 0.4) is 0 Å². The summed E-state index contributed by atoms with van der Waals surface area (Å²) >= 11 is 0. The van der Waals surface area contributed by atoms with Crippen molar-refractivity contribution >= 4 is 5.91 Å². The van der Waals surface area contributed by atoms with E-state index in [-0.39, 0.29) is 24.2 Å². The Hall–Kier alpha value is -1.43. The van der Waals surface area contributed by atoms with Crippen LogP contribution >= 0.6 is 0 Å². The van der Waals surface area contributed by atoms with Crippen LogP contribution in [0.15, 0.2) is 0 Å². The van der Waals surface area contributed by atoms with Gasteiger partial charge in [0.2, 0.25) is 5.91 Å². The molecule has 6 heteroatoms. The number of nitrogens with one attached hydrogen (secondary N) is 1. The molecule has 0 atom stereocenters. The SMILES string of the molecule is CC.Cc1nn(CC(=O)NCCN(C)C)c(C(C)C)c1F. The number of aryl methyl sites for hydroxylation is 1. The van der Waals surface area contributed by atoms with Gasteiger partial charge in [0.1, 0.15) is 6.54 Å². The van der Waals surface area contributed by atoms with Gasteiger partial charge in [-0.25, -0.2) is 4.39 Å². The summed E-state index contributed by atoms with van der Waals surface area (Å²) in [6.45, 7) is 10.8. The van der Waals surface area contributed by atoms with Crippen molar-refractivity contribution in [2.75, 3.05) is 27.2 Å². The minimum Gasteiger partial charge on any atom is -0.353 e. The fourth-order valence-corrected chi connectivity index (χ4v) is 1.86. The highest BCUT2D eigenvalue weighted by Gasteiger charge is 2.19. The van der Waals surface area contributed by atoms with Crippen molar-refractivity contribution in [3.05, 3.63) is 17.2 Å². The van der Waals surface area contributed by atoms with Crippen LogP contribution in [0.4, 0.5) is 4.39 Å². The fraction of sp³-hybridized carbons (Fsp3) is 0.733. The van der Waals surface area contributed by atoms with Crippen molar-refractivity contribution in [3.8, 4) is 0 Å². The molecule has 0 radical (unpaired) electrons. The van der Waals surface area contributed by atoms with Crippen LogP contribution in [0, 0.1) is 12.7 Å². The fourth-order valence-electron chi connectivity index (χ4n) is 1.86. The number of nitrogens with zero attached hydrogens (tertiary/aromatic N) is 3. The number of aromatic nitrogens is 2. The maximum Gasteiger partial charge on any atom is 0.241 e. The quantitative estimate of drug-likeness (QED) is 0.876. The normalized spacial score (nSPS) is 10.6. The molecule has 0 spiro atoms. The zero-order valence-electron chi connectivity index (χ0n) is 14.3. The lowest BCUT2D eigenvalue weighted by atomic mass is 10.1. The predicted octanol–water partition coefficient (Wildman–Crippen LogP) is 2.16. The largest absolute Gasteiger partial charge is 0.353 e. The number of halogens is 1. The minimum absolute atomic E-state index is 0.00391. The summed E-state index contributed by atoms with van der Waals surface area (Å²) in [5, 5.41) is 6.88. The Balaban J connectivity index is 0.00000191. The Morgan fingerprint density at radius 3 is 2.43 bits per heavy atom. The van der Waals surface area contributed by atoms with Gasteiger partial charge in [0, 0.05) is 13.1 Å². The number of likely N-dealkylation sites (N-methyl/N-ethyl adjacent to an activating group) is 1. The molecule has 0 aromatic carbocycles. The second-order valence-corrected chi connectivity index (χ2v) is 5.25. The van der Waals surface area contributed by atoms with E-state index in [1.165, 1.54) is 4.68 Å². The van der Waals surface area contributed by atoms with E-state index in [0.29, 0.717) is 17.9 Å². The summed E-state index contributed by atoms with van der Waals surface area (Å²) in [5.74, 6) is -0.460. The molecule has 5 nitrogen and oxygen atoms in total. The molecule has 0 saturated heterocycles. The Morgan fingerprint density at radius 1 is 1.38 bits per heavy atom. The molecule has 122 valence electrons. The average molecular weight is 300 g/mol. The summed E-state index contributed by atoms with van der Waals surface area (Å²) in [4.78, 5) is 13.8. The summed E-state index contributed by atoms with van der Waals surface area (Å²) in [7, 11) is 3.88. The molecule has 0 saturated carbocycles. The van der Waals surface area contributed by atoms with Gasteiger partial charge in [-0.2, -0.15) is 5.10 Å². The Morgan fingerprint density at radius 2 is 1.95 bits per heavy atom. The molecular weight excluding hydrogens is 271 g/mol. The first-order chi connectivity index (χ1) is 9.82.